The number of aromatic nitrogens is 1. The number of halogens is 3. The Balaban J connectivity index is 0.000000810. The maximum absolute atomic E-state index is 12.0. The van der Waals surface area contributed by atoms with E-state index in [-0.39, 0.29) is 23.9 Å². The Morgan fingerprint density at radius 1 is 1.50 bits per heavy atom. The zero-order valence-corrected chi connectivity index (χ0v) is 5.91. The predicted molar refractivity (Wildman–Crippen MR) is 28.0 cm³/mol. The van der Waals surface area contributed by atoms with Crippen molar-refractivity contribution in [1.29, 1.82) is 0 Å². The third-order valence-electron chi connectivity index (χ3n) is 0.702. The smallest absolute Gasteiger partial charge is 0.354 e. The summed E-state index contributed by atoms with van der Waals surface area (Å²) in [4.78, 5) is 2.97. The predicted octanol–water partition coefficient (Wildman–Crippen LogP) is -1.18. The molecule has 0 amide bonds. The summed E-state index contributed by atoms with van der Waals surface area (Å²) in [6, 6.07) is 1.90. The van der Waals surface area contributed by atoms with Gasteiger partial charge in [-0.1, -0.05) is 11.2 Å². The van der Waals surface area contributed by atoms with Crippen LogP contribution < -0.4 is 18.9 Å². The molecule has 0 aliphatic carbocycles. The van der Waals surface area contributed by atoms with Crippen LogP contribution in [0.1, 0.15) is 0 Å². The molecular formula is C5HClF2LiN. The van der Waals surface area contributed by atoms with Gasteiger partial charge in [-0.05, 0) is 0 Å². The van der Waals surface area contributed by atoms with Crippen LogP contribution >= 0.6 is 11.6 Å². The molecule has 5 heteroatoms. The zero-order chi connectivity index (χ0) is 6.85. The molecule has 1 nitrogen and oxygen atoms in total. The molecule has 0 aliphatic heterocycles. The maximum atomic E-state index is 12.0. The first-order chi connectivity index (χ1) is 4.20. The van der Waals surface area contributed by atoms with Gasteiger partial charge < -0.3 is 4.98 Å². The number of rotatable bonds is 0. The van der Waals surface area contributed by atoms with E-state index < -0.39 is 11.8 Å². The summed E-state index contributed by atoms with van der Waals surface area (Å²) in [6.45, 7) is 0. The summed E-state index contributed by atoms with van der Waals surface area (Å²) >= 11 is 5.19. The van der Waals surface area contributed by atoms with Crippen molar-refractivity contribution in [1.82, 2.24) is 4.98 Å². The normalized spacial score (nSPS) is 8.70. The molecule has 1 aromatic rings. The molecule has 1 rings (SSSR count). The molecule has 0 aliphatic rings. The van der Waals surface area contributed by atoms with Crippen molar-refractivity contribution >= 4 is 11.6 Å². The van der Waals surface area contributed by atoms with Crippen LogP contribution in [-0.4, -0.2) is 4.98 Å². The van der Waals surface area contributed by atoms with Crippen molar-refractivity contribution in [3.05, 3.63) is 29.1 Å². The van der Waals surface area contributed by atoms with Gasteiger partial charge in [0.15, 0.2) is 0 Å². The van der Waals surface area contributed by atoms with Gasteiger partial charge in [-0.25, -0.2) is 4.39 Å². The van der Waals surface area contributed by atoms with E-state index >= 15 is 0 Å². The molecule has 0 fully saturated rings. The molecule has 48 valence electrons. The second-order valence-electron chi connectivity index (χ2n) is 1.34. The first-order valence-corrected chi connectivity index (χ1v) is 2.47. The second kappa shape index (κ2) is 3.92. The summed E-state index contributed by atoms with van der Waals surface area (Å²) in [5.41, 5.74) is 0. The fourth-order valence-electron chi connectivity index (χ4n) is 0.359. The summed E-state index contributed by atoms with van der Waals surface area (Å²) in [5, 5.41) is -0.0334. The summed E-state index contributed by atoms with van der Waals surface area (Å²) in [5.74, 6) is -2.33. The van der Waals surface area contributed by atoms with Gasteiger partial charge in [-0.2, -0.15) is 0 Å². The molecule has 0 N–H and O–H groups in total. The van der Waals surface area contributed by atoms with Gasteiger partial charge in [-0.3, -0.25) is 4.39 Å². The third kappa shape index (κ3) is 2.26. The van der Waals surface area contributed by atoms with E-state index in [4.69, 9.17) is 11.6 Å². The summed E-state index contributed by atoms with van der Waals surface area (Å²) in [6.07, 6.45) is 0.986. The van der Waals surface area contributed by atoms with Crippen molar-refractivity contribution < 1.29 is 27.6 Å². The van der Waals surface area contributed by atoms with Crippen LogP contribution in [0.2, 0.25) is 5.02 Å². The molecule has 0 saturated heterocycles. The SMILES string of the molecule is Fc1[c-]c(Cl)cnc1F.[Li+]. The minimum atomic E-state index is -1.18. The van der Waals surface area contributed by atoms with Gasteiger partial charge in [0, 0.05) is 0 Å². The zero-order valence-electron chi connectivity index (χ0n) is 5.16. The summed E-state index contributed by atoms with van der Waals surface area (Å²) < 4.78 is 23.9. The minimum absolute atomic E-state index is 0. The number of nitrogens with zero attached hydrogens (tertiary/aromatic N) is 1. The topological polar surface area (TPSA) is 12.9 Å². The Morgan fingerprint density at radius 2 is 2.10 bits per heavy atom. The largest absolute Gasteiger partial charge is 1.00 e. The monoisotopic (exact) mass is 155 g/mol. The van der Waals surface area contributed by atoms with Crippen molar-refractivity contribution in [3.63, 3.8) is 0 Å². The molecule has 0 bridgehead atoms. The molecule has 0 atom stereocenters. The van der Waals surface area contributed by atoms with Crippen LogP contribution in [0.5, 0.6) is 0 Å². The third-order valence-corrected chi connectivity index (χ3v) is 0.894. The van der Waals surface area contributed by atoms with Gasteiger partial charge in [0.05, 0.1) is 5.82 Å². The number of hydrogen-bond donors (Lipinski definition) is 0. The Kier molecular flexibility index (Phi) is 3.88. The fourth-order valence-corrected chi connectivity index (χ4v) is 0.490. The van der Waals surface area contributed by atoms with E-state index in [1.165, 1.54) is 0 Å². The van der Waals surface area contributed by atoms with E-state index in [2.05, 4.69) is 4.98 Å². The Hall–Kier alpha value is -0.103. The number of pyridine rings is 1. The van der Waals surface area contributed by atoms with Gasteiger partial charge in [-0.15, -0.1) is 17.7 Å². The van der Waals surface area contributed by atoms with Crippen molar-refractivity contribution in [2.24, 2.45) is 0 Å². The first kappa shape index (κ1) is 9.90. The molecule has 1 aromatic heterocycles. The molecule has 0 saturated carbocycles. The van der Waals surface area contributed by atoms with Crippen LogP contribution in [0.4, 0.5) is 8.78 Å². The molecule has 0 aromatic carbocycles. The average molecular weight is 155 g/mol. The minimum Gasteiger partial charge on any atom is -0.354 e. The standard InChI is InChI=1S/C5HClF2N.Li/c6-3-1-4(7)5(8)9-2-3;/h2H;/q-1;+1. The van der Waals surface area contributed by atoms with E-state index in [1.54, 1.807) is 0 Å². The Morgan fingerprint density at radius 3 is 2.50 bits per heavy atom. The van der Waals surface area contributed by atoms with Gasteiger partial charge in [0.25, 0.3) is 0 Å². The van der Waals surface area contributed by atoms with Crippen molar-refractivity contribution in [3.8, 4) is 0 Å². The van der Waals surface area contributed by atoms with E-state index in [9.17, 15) is 8.78 Å². The fraction of sp³-hybridized carbons (Fsp3) is 0. The summed E-state index contributed by atoms with van der Waals surface area (Å²) in [7, 11) is 0. The quantitative estimate of drug-likeness (QED) is 0.261. The molecule has 0 unspecified atom stereocenters. The van der Waals surface area contributed by atoms with E-state index in [1.807, 2.05) is 6.07 Å². The first-order valence-electron chi connectivity index (χ1n) is 2.09. The Labute approximate surface area is 73.6 Å². The van der Waals surface area contributed by atoms with Crippen LogP contribution in [0.3, 0.4) is 0 Å². The van der Waals surface area contributed by atoms with Crippen molar-refractivity contribution in [2.45, 2.75) is 0 Å². The Bertz CT molecular complexity index is 231. The van der Waals surface area contributed by atoms with Crippen LogP contribution in [0.25, 0.3) is 0 Å². The van der Waals surface area contributed by atoms with Gasteiger partial charge in [0.2, 0.25) is 0 Å². The average Bonchev–Trinajstić information content (AvgIpc) is 1.80. The van der Waals surface area contributed by atoms with Gasteiger partial charge in [0.1, 0.15) is 5.95 Å². The van der Waals surface area contributed by atoms with Crippen LogP contribution in [0.15, 0.2) is 6.20 Å². The van der Waals surface area contributed by atoms with Crippen molar-refractivity contribution in [2.75, 3.05) is 0 Å². The van der Waals surface area contributed by atoms with E-state index in [0.717, 1.165) is 6.20 Å². The van der Waals surface area contributed by atoms with Crippen LogP contribution in [0, 0.1) is 17.8 Å². The maximum Gasteiger partial charge on any atom is 1.00 e. The second-order valence-corrected chi connectivity index (χ2v) is 1.74. The molecule has 0 spiro atoms. The van der Waals surface area contributed by atoms with Crippen LogP contribution in [-0.2, 0) is 0 Å². The van der Waals surface area contributed by atoms with E-state index in [0.29, 0.717) is 0 Å². The molecule has 1 heterocycles. The molecule has 0 radical (unpaired) electrons. The molecular weight excluding hydrogens is 154 g/mol. The molecule has 10 heavy (non-hydrogen) atoms. The number of hydrogen-bond acceptors (Lipinski definition) is 1. The van der Waals surface area contributed by atoms with Gasteiger partial charge >= 0.3 is 18.9 Å².